The van der Waals surface area contributed by atoms with E-state index in [0.29, 0.717) is 17.9 Å². The van der Waals surface area contributed by atoms with E-state index in [9.17, 15) is 4.79 Å². The lowest BCUT2D eigenvalue weighted by atomic mass is 9.57. The summed E-state index contributed by atoms with van der Waals surface area (Å²) in [6, 6.07) is 0. The van der Waals surface area contributed by atoms with E-state index < -0.39 is 12.0 Å². The van der Waals surface area contributed by atoms with Crippen molar-refractivity contribution in [2.45, 2.75) is 51.5 Å². The number of carbonyl (C=O) groups is 1. The topological polar surface area (TPSA) is 97.1 Å². The van der Waals surface area contributed by atoms with E-state index in [2.05, 4.69) is 5.32 Å². The second-order valence-corrected chi connectivity index (χ2v) is 7.68. The summed E-state index contributed by atoms with van der Waals surface area (Å²) in [5, 5.41) is 11.9. The van der Waals surface area contributed by atoms with Gasteiger partial charge in [0.15, 0.2) is 6.35 Å². The lowest BCUT2D eigenvalue weighted by Crippen LogP contribution is -2.52. The molecule has 0 aromatic rings. The highest BCUT2D eigenvalue weighted by Gasteiger charge is 2.46. The molecule has 7 heteroatoms. The number of rotatable bonds is 6. The summed E-state index contributed by atoms with van der Waals surface area (Å²) in [5.41, 5.74) is 5.06. The fourth-order valence-electron chi connectivity index (χ4n) is 3.85. The number of carbonyl (C=O) groups excluding carboxylic acids is 1. The highest BCUT2D eigenvalue weighted by atomic mass is 16.6. The zero-order valence-electron chi connectivity index (χ0n) is 14.5. The number of nitrogens with one attached hydrogen (secondary N) is 1. The van der Waals surface area contributed by atoms with Gasteiger partial charge in [-0.1, -0.05) is 0 Å². The van der Waals surface area contributed by atoms with E-state index in [-0.39, 0.29) is 6.09 Å². The van der Waals surface area contributed by atoms with Crippen molar-refractivity contribution < 1.29 is 19.4 Å². The molecule has 1 saturated carbocycles. The van der Waals surface area contributed by atoms with Gasteiger partial charge in [0.05, 0.1) is 6.61 Å². The molecule has 0 aromatic carbocycles. The fourth-order valence-corrected chi connectivity index (χ4v) is 3.85. The number of nitrogens with zero attached hydrogens (tertiary/aromatic N) is 1. The Morgan fingerprint density at radius 1 is 1.43 bits per heavy atom. The molecule has 0 bridgehead atoms. The molecule has 1 heterocycles. The lowest BCUT2D eigenvalue weighted by Gasteiger charge is -2.52. The second-order valence-electron chi connectivity index (χ2n) is 7.68. The van der Waals surface area contributed by atoms with Gasteiger partial charge >= 0.3 is 6.09 Å². The molecule has 134 valence electrons. The lowest BCUT2D eigenvalue weighted by molar-refractivity contribution is -0.0519. The molecule has 2 rings (SSSR count). The van der Waals surface area contributed by atoms with E-state index in [1.54, 1.807) is 12.0 Å². The number of likely N-dealkylation sites (tertiary alicyclic amines) is 1. The zero-order chi connectivity index (χ0) is 17.1. The summed E-state index contributed by atoms with van der Waals surface area (Å²) in [4.78, 5) is 14.0. The molecule has 1 saturated heterocycles. The van der Waals surface area contributed by atoms with Crippen LogP contribution >= 0.6 is 0 Å². The summed E-state index contributed by atoms with van der Waals surface area (Å²) in [5.74, 6) is 0.576. The molecule has 1 unspecified atom stereocenters. The van der Waals surface area contributed by atoms with Gasteiger partial charge in [-0.15, -0.1) is 0 Å². The largest absolute Gasteiger partial charge is 0.441 e. The molecule has 2 aliphatic rings. The van der Waals surface area contributed by atoms with E-state index in [4.69, 9.17) is 20.3 Å². The number of amides is 1. The van der Waals surface area contributed by atoms with Crippen LogP contribution in [-0.2, 0) is 9.47 Å². The maximum absolute atomic E-state index is 12.2. The first-order chi connectivity index (χ1) is 10.8. The Morgan fingerprint density at radius 2 is 2.04 bits per heavy atom. The summed E-state index contributed by atoms with van der Waals surface area (Å²) < 4.78 is 10.6. The summed E-state index contributed by atoms with van der Waals surface area (Å²) in [7, 11) is 1.60. The van der Waals surface area contributed by atoms with Crippen LogP contribution in [0.3, 0.4) is 0 Å². The molecule has 7 nitrogen and oxygen atoms in total. The molecule has 0 aromatic heterocycles. The Hall–Kier alpha value is -0.890. The normalized spacial score (nSPS) is 22.7. The average Bonchev–Trinajstić information content (AvgIpc) is 2.42. The number of aliphatic hydroxyl groups is 1. The first-order valence-electron chi connectivity index (χ1n) is 8.39. The van der Waals surface area contributed by atoms with Gasteiger partial charge in [0.1, 0.15) is 5.60 Å². The van der Waals surface area contributed by atoms with Gasteiger partial charge in [-0.05, 0) is 50.9 Å². The Morgan fingerprint density at radius 3 is 2.57 bits per heavy atom. The van der Waals surface area contributed by atoms with Gasteiger partial charge in [-0.3, -0.25) is 11.1 Å². The van der Waals surface area contributed by atoms with E-state index in [1.165, 1.54) is 0 Å². The van der Waals surface area contributed by atoms with Crippen molar-refractivity contribution in [3.63, 3.8) is 0 Å². The van der Waals surface area contributed by atoms with Crippen molar-refractivity contribution >= 4 is 6.09 Å². The molecule has 1 spiro atoms. The molecule has 2 fully saturated rings. The van der Waals surface area contributed by atoms with Crippen molar-refractivity contribution in [3.05, 3.63) is 0 Å². The van der Waals surface area contributed by atoms with Crippen molar-refractivity contribution in [1.82, 2.24) is 10.2 Å². The quantitative estimate of drug-likeness (QED) is 0.626. The minimum absolute atomic E-state index is 0.245. The van der Waals surface area contributed by atoms with Crippen LogP contribution < -0.4 is 11.1 Å². The van der Waals surface area contributed by atoms with Crippen LogP contribution in [0.25, 0.3) is 0 Å². The van der Waals surface area contributed by atoms with Crippen molar-refractivity contribution in [3.8, 4) is 0 Å². The van der Waals surface area contributed by atoms with E-state index in [0.717, 1.165) is 45.3 Å². The first-order valence-corrected chi connectivity index (χ1v) is 8.39. The molecular weight excluding hydrogens is 298 g/mol. The molecule has 1 aliphatic carbocycles. The van der Waals surface area contributed by atoms with Crippen molar-refractivity contribution in [2.75, 3.05) is 33.4 Å². The van der Waals surface area contributed by atoms with Crippen LogP contribution in [0, 0.1) is 11.3 Å². The van der Waals surface area contributed by atoms with Gasteiger partial charge in [-0.25, -0.2) is 4.79 Å². The Kier molecular flexibility index (Phi) is 5.89. The summed E-state index contributed by atoms with van der Waals surface area (Å²) >= 11 is 0. The third kappa shape index (κ3) is 5.04. The Bertz CT molecular complexity index is 398. The minimum Gasteiger partial charge on any atom is -0.441 e. The third-order valence-corrected chi connectivity index (χ3v) is 5.00. The fraction of sp³-hybridized carbons (Fsp3) is 0.938. The zero-order valence-corrected chi connectivity index (χ0v) is 14.5. The standard InChI is InChI=1S/C16H31N3O4/c1-15(2,11-22-3)23-14(21)19-6-4-16(5-7-19)8-12(9-16)10-18-13(17)20/h12-13,18,20H,4-11,17H2,1-3H3. The van der Waals surface area contributed by atoms with Gasteiger partial charge in [0, 0.05) is 26.7 Å². The summed E-state index contributed by atoms with van der Waals surface area (Å²) in [6.45, 7) is 6.36. The van der Waals surface area contributed by atoms with Crippen LogP contribution in [-0.4, -0.2) is 61.4 Å². The predicted molar refractivity (Wildman–Crippen MR) is 86.6 cm³/mol. The molecule has 23 heavy (non-hydrogen) atoms. The minimum atomic E-state index is -0.932. The number of piperidine rings is 1. The van der Waals surface area contributed by atoms with Crippen LogP contribution in [0.15, 0.2) is 0 Å². The summed E-state index contributed by atoms with van der Waals surface area (Å²) in [6.07, 6.45) is 3.16. The number of hydrogen-bond acceptors (Lipinski definition) is 6. The molecule has 1 aliphatic heterocycles. The van der Waals surface area contributed by atoms with Crippen LogP contribution in [0.5, 0.6) is 0 Å². The number of methoxy groups -OCH3 is 1. The maximum Gasteiger partial charge on any atom is 0.410 e. The molecule has 0 radical (unpaired) electrons. The highest BCUT2D eigenvalue weighted by molar-refractivity contribution is 5.68. The number of aliphatic hydroxyl groups excluding tert-OH is 1. The van der Waals surface area contributed by atoms with Crippen LogP contribution in [0.4, 0.5) is 4.79 Å². The van der Waals surface area contributed by atoms with Crippen molar-refractivity contribution in [1.29, 1.82) is 0 Å². The van der Waals surface area contributed by atoms with Crippen LogP contribution in [0.1, 0.15) is 39.5 Å². The predicted octanol–water partition coefficient (Wildman–Crippen LogP) is 0.864. The number of nitrogens with two attached hydrogens (primary N) is 1. The molecule has 1 atom stereocenters. The van der Waals surface area contributed by atoms with E-state index >= 15 is 0 Å². The highest BCUT2D eigenvalue weighted by Crippen LogP contribution is 2.52. The Balaban J connectivity index is 1.71. The first kappa shape index (κ1) is 18.4. The number of hydrogen-bond donors (Lipinski definition) is 3. The average molecular weight is 329 g/mol. The maximum atomic E-state index is 12.2. The van der Waals surface area contributed by atoms with Gasteiger partial charge < -0.3 is 19.5 Å². The third-order valence-electron chi connectivity index (χ3n) is 5.00. The number of ether oxygens (including phenoxy) is 2. The molecule has 4 N–H and O–H groups in total. The molecular formula is C16H31N3O4. The monoisotopic (exact) mass is 329 g/mol. The van der Waals surface area contributed by atoms with Gasteiger partial charge in [0.25, 0.3) is 0 Å². The van der Waals surface area contributed by atoms with Crippen LogP contribution in [0.2, 0.25) is 0 Å². The van der Waals surface area contributed by atoms with Crippen molar-refractivity contribution in [2.24, 2.45) is 17.1 Å². The molecule has 1 amide bonds. The van der Waals surface area contributed by atoms with Gasteiger partial charge in [0.2, 0.25) is 0 Å². The smallest absolute Gasteiger partial charge is 0.410 e. The second kappa shape index (κ2) is 7.34. The van der Waals surface area contributed by atoms with Gasteiger partial charge in [-0.2, -0.15) is 0 Å². The van der Waals surface area contributed by atoms with E-state index in [1.807, 2.05) is 13.8 Å². The SMILES string of the molecule is COCC(C)(C)OC(=O)N1CCC2(CC1)CC(CNC(N)O)C2. The Labute approximate surface area is 138 Å².